The van der Waals surface area contributed by atoms with E-state index < -0.39 is 0 Å². The normalized spacial score (nSPS) is 19.8. The summed E-state index contributed by atoms with van der Waals surface area (Å²) in [6.07, 6.45) is 5.41. The highest BCUT2D eigenvalue weighted by Crippen LogP contribution is 2.44. The fraction of sp³-hybridized carbons (Fsp3) is 0.478. The van der Waals surface area contributed by atoms with Gasteiger partial charge in [-0.2, -0.15) is 5.10 Å². The molecule has 3 aromatic rings. The van der Waals surface area contributed by atoms with Crippen LogP contribution in [0, 0.1) is 6.92 Å². The maximum Gasteiger partial charge on any atom is 0.161 e. The Morgan fingerprint density at radius 3 is 2.84 bits per heavy atom. The minimum atomic E-state index is -0.0130. The third-order valence-corrected chi connectivity index (χ3v) is 6.19. The molecule has 1 fully saturated rings. The van der Waals surface area contributed by atoms with Crippen LogP contribution in [0.25, 0.3) is 5.65 Å². The number of nitrogens with zero attached hydrogens (tertiary/aromatic N) is 4. The van der Waals surface area contributed by atoms with Gasteiger partial charge < -0.3 is 14.6 Å². The smallest absolute Gasteiger partial charge is 0.161 e. The van der Waals surface area contributed by atoms with E-state index in [-0.39, 0.29) is 25.6 Å². The van der Waals surface area contributed by atoms with Gasteiger partial charge in [-0.05, 0) is 44.4 Å². The number of aromatic nitrogens is 3. The van der Waals surface area contributed by atoms with Gasteiger partial charge in [-0.1, -0.05) is 6.07 Å². The molecule has 1 N–H and O–H groups in total. The first-order valence-electron chi connectivity index (χ1n) is 10.8. The van der Waals surface area contributed by atoms with Crippen molar-refractivity contribution in [1.29, 1.82) is 0 Å². The number of ether oxygens (including phenoxy) is 2. The maximum absolute atomic E-state index is 9.05. The van der Waals surface area contributed by atoms with Crippen molar-refractivity contribution in [2.24, 2.45) is 0 Å². The van der Waals surface area contributed by atoms with Crippen LogP contribution in [-0.4, -0.2) is 50.5 Å². The highest BCUT2D eigenvalue weighted by Gasteiger charge is 2.41. The van der Waals surface area contributed by atoms with Crippen LogP contribution in [-0.2, 0) is 13.0 Å². The Balaban J connectivity index is 0.00000231. The van der Waals surface area contributed by atoms with Gasteiger partial charge in [0.15, 0.2) is 17.1 Å². The number of hydrogen-bond acceptors (Lipinski definition) is 6. The number of aryl methyl sites for hydroxylation is 1. The van der Waals surface area contributed by atoms with Gasteiger partial charge in [-0.15, -0.1) is 12.4 Å². The quantitative estimate of drug-likeness (QED) is 0.601. The molecular weight excluding hydrogens is 416 g/mol. The van der Waals surface area contributed by atoms with Crippen LogP contribution < -0.4 is 9.47 Å². The lowest BCUT2D eigenvalue weighted by Gasteiger charge is -2.36. The highest BCUT2D eigenvalue weighted by molar-refractivity contribution is 5.85. The molecule has 2 unspecified atom stereocenters. The Morgan fingerprint density at radius 1 is 1.16 bits per heavy atom. The lowest BCUT2D eigenvalue weighted by Crippen LogP contribution is -2.38. The topological polar surface area (TPSA) is 72.1 Å². The zero-order valence-corrected chi connectivity index (χ0v) is 18.8. The molecule has 0 saturated carbocycles. The summed E-state index contributed by atoms with van der Waals surface area (Å²) in [5.41, 5.74) is 5.79. The van der Waals surface area contributed by atoms with E-state index in [1.54, 1.807) is 0 Å². The summed E-state index contributed by atoms with van der Waals surface area (Å²) in [7, 11) is 0. The SMILES string of the molecule is CCOc1cc(CN2C3CCC2c2cnc4cc(C)nn4c2C3)ccc1OCCO.Cl. The van der Waals surface area contributed by atoms with E-state index in [4.69, 9.17) is 14.6 Å². The fourth-order valence-electron chi connectivity index (χ4n) is 4.95. The lowest BCUT2D eigenvalue weighted by atomic mass is 9.98. The van der Waals surface area contributed by atoms with E-state index >= 15 is 0 Å². The summed E-state index contributed by atoms with van der Waals surface area (Å²) in [5.74, 6) is 1.42. The molecule has 0 radical (unpaired) electrons. The Kier molecular flexibility index (Phi) is 6.36. The zero-order valence-electron chi connectivity index (χ0n) is 18.0. The molecular formula is C23H29ClN4O3. The number of halogens is 1. The lowest BCUT2D eigenvalue weighted by molar-refractivity contribution is 0.164. The third-order valence-electron chi connectivity index (χ3n) is 6.19. The summed E-state index contributed by atoms with van der Waals surface area (Å²) in [6.45, 7) is 5.68. The summed E-state index contributed by atoms with van der Waals surface area (Å²) in [6, 6.07) is 9.06. The second-order valence-corrected chi connectivity index (χ2v) is 8.13. The van der Waals surface area contributed by atoms with Gasteiger partial charge in [0, 0.05) is 42.9 Å². The first kappa shape index (κ1) is 21.9. The molecule has 2 aliphatic rings. The van der Waals surface area contributed by atoms with Crippen LogP contribution in [0.15, 0.2) is 30.5 Å². The first-order chi connectivity index (χ1) is 14.7. The second kappa shape index (κ2) is 9.02. The molecule has 31 heavy (non-hydrogen) atoms. The van der Waals surface area contributed by atoms with Crippen LogP contribution >= 0.6 is 12.4 Å². The van der Waals surface area contributed by atoms with Gasteiger partial charge >= 0.3 is 0 Å². The molecule has 4 heterocycles. The van der Waals surface area contributed by atoms with Crippen molar-refractivity contribution in [3.8, 4) is 11.5 Å². The van der Waals surface area contributed by atoms with Gasteiger partial charge in [-0.25, -0.2) is 9.50 Å². The van der Waals surface area contributed by atoms with Crippen molar-refractivity contribution in [2.45, 2.75) is 51.7 Å². The summed E-state index contributed by atoms with van der Waals surface area (Å²) >= 11 is 0. The first-order valence-corrected chi connectivity index (χ1v) is 10.8. The van der Waals surface area contributed by atoms with E-state index in [0.717, 1.165) is 36.5 Å². The number of aliphatic hydroxyl groups excluding tert-OH is 1. The van der Waals surface area contributed by atoms with Crippen molar-refractivity contribution < 1.29 is 14.6 Å². The van der Waals surface area contributed by atoms with E-state index in [2.05, 4.69) is 33.3 Å². The standard InChI is InChI=1S/C23H28N4O3.ClH/c1-3-29-22-11-16(4-7-21(22)30-9-8-28)14-26-17-5-6-19(26)18-13-24-23-10-15(2)25-27(23)20(18)12-17;/h4,7,10-11,13,17,19,28H,3,5-6,8-9,12,14H2,1-2H3;1H. The largest absolute Gasteiger partial charge is 0.490 e. The molecule has 2 bridgehead atoms. The average Bonchev–Trinajstić information content (AvgIpc) is 3.25. The molecule has 2 atom stereocenters. The Morgan fingerprint density at radius 2 is 2.03 bits per heavy atom. The summed E-state index contributed by atoms with van der Waals surface area (Å²) < 4.78 is 13.5. The molecule has 166 valence electrons. The van der Waals surface area contributed by atoms with Crippen molar-refractivity contribution in [2.75, 3.05) is 19.8 Å². The van der Waals surface area contributed by atoms with E-state index in [0.29, 0.717) is 24.4 Å². The Hall–Kier alpha value is -2.35. The average molecular weight is 445 g/mol. The van der Waals surface area contributed by atoms with E-state index in [1.807, 2.05) is 30.5 Å². The molecule has 2 aromatic heterocycles. The summed E-state index contributed by atoms with van der Waals surface area (Å²) in [5, 5.41) is 13.7. The molecule has 0 aliphatic carbocycles. The molecule has 8 heteroatoms. The Labute approximate surface area is 188 Å². The van der Waals surface area contributed by atoms with Crippen LogP contribution in [0.2, 0.25) is 0 Å². The number of benzene rings is 1. The molecule has 5 rings (SSSR count). The highest BCUT2D eigenvalue weighted by atomic mass is 35.5. The molecule has 0 spiro atoms. The minimum absolute atomic E-state index is 0. The molecule has 0 amide bonds. The van der Waals surface area contributed by atoms with Crippen molar-refractivity contribution in [1.82, 2.24) is 19.5 Å². The third kappa shape index (κ3) is 3.97. The number of aliphatic hydroxyl groups is 1. The van der Waals surface area contributed by atoms with Crippen LogP contribution in [0.5, 0.6) is 11.5 Å². The second-order valence-electron chi connectivity index (χ2n) is 8.13. The van der Waals surface area contributed by atoms with Crippen LogP contribution in [0.1, 0.15) is 48.3 Å². The van der Waals surface area contributed by atoms with Gasteiger partial charge in [0.25, 0.3) is 0 Å². The predicted molar refractivity (Wildman–Crippen MR) is 120 cm³/mol. The Bertz CT molecular complexity index is 1070. The van der Waals surface area contributed by atoms with Gasteiger partial charge in [0.05, 0.1) is 24.6 Å². The van der Waals surface area contributed by atoms with Gasteiger partial charge in [-0.3, -0.25) is 4.90 Å². The van der Waals surface area contributed by atoms with Crippen molar-refractivity contribution in [3.63, 3.8) is 0 Å². The van der Waals surface area contributed by atoms with E-state index in [9.17, 15) is 0 Å². The number of rotatable bonds is 7. The number of hydrogen-bond donors (Lipinski definition) is 1. The fourth-order valence-corrected chi connectivity index (χ4v) is 4.95. The predicted octanol–water partition coefficient (Wildman–Crippen LogP) is 3.49. The molecule has 1 aromatic carbocycles. The monoisotopic (exact) mass is 444 g/mol. The van der Waals surface area contributed by atoms with Crippen molar-refractivity contribution in [3.05, 3.63) is 53.0 Å². The van der Waals surface area contributed by atoms with E-state index in [1.165, 1.54) is 23.2 Å². The number of fused-ring (bicyclic) bond motifs is 6. The minimum Gasteiger partial charge on any atom is -0.490 e. The van der Waals surface area contributed by atoms with Gasteiger partial charge in [0.2, 0.25) is 0 Å². The maximum atomic E-state index is 9.05. The molecule has 7 nitrogen and oxygen atoms in total. The van der Waals surface area contributed by atoms with Crippen LogP contribution in [0.4, 0.5) is 0 Å². The zero-order chi connectivity index (χ0) is 20.7. The van der Waals surface area contributed by atoms with Crippen molar-refractivity contribution >= 4 is 18.1 Å². The van der Waals surface area contributed by atoms with Gasteiger partial charge in [0.1, 0.15) is 6.61 Å². The molecule has 2 aliphatic heterocycles. The summed E-state index contributed by atoms with van der Waals surface area (Å²) in [4.78, 5) is 7.27. The molecule has 1 saturated heterocycles. The van der Waals surface area contributed by atoms with Crippen LogP contribution in [0.3, 0.4) is 0 Å².